The zero-order valence-electron chi connectivity index (χ0n) is 11.6. The van der Waals surface area contributed by atoms with Crippen molar-refractivity contribution < 1.29 is 9.13 Å². The molecule has 0 aromatic heterocycles. The molecular formula is C15H22BrFO. The maximum Gasteiger partial charge on any atom is 0.165 e. The Morgan fingerprint density at radius 3 is 2.50 bits per heavy atom. The van der Waals surface area contributed by atoms with Gasteiger partial charge in [0.05, 0.1) is 7.11 Å². The van der Waals surface area contributed by atoms with Gasteiger partial charge in [-0.2, -0.15) is 0 Å². The summed E-state index contributed by atoms with van der Waals surface area (Å²) in [7, 11) is 1.48. The van der Waals surface area contributed by atoms with Gasteiger partial charge >= 0.3 is 0 Å². The van der Waals surface area contributed by atoms with Crippen molar-refractivity contribution in [2.24, 2.45) is 5.41 Å². The SMILES string of the molecule is COc1ccc(CCCC(Br)C(C)(C)C)cc1F. The summed E-state index contributed by atoms with van der Waals surface area (Å²) in [5.41, 5.74) is 1.30. The van der Waals surface area contributed by atoms with Crippen molar-refractivity contribution in [3.05, 3.63) is 29.6 Å². The summed E-state index contributed by atoms with van der Waals surface area (Å²) in [5.74, 6) is 0.0352. The Kier molecular flexibility index (Phi) is 5.64. The minimum atomic E-state index is -0.277. The van der Waals surface area contributed by atoms with Gasteiger partial charge in [-0.15, -0.1) is 0 Å². The first-order chi connectivity index (χ1) is 8.34. The molecule has 1 aromatic carbocycles. The Morgan fingerprint density at radius 1 is 1.33 bits per heavy atom. The molecule has 18 heavy (non-hydrogen) atoms. The van der Waals surface area contributed by atoms with Crippen molar-refractivity contribution in [3.63, 3.8) is 0 Å². The molecule has 1 nitrogen and oxygen atoms in total. The first-order valence-electron chi connectivity index (χ1n) is 6.31. The minimum absolute atomic E-state index is 0.269. The molecule has 0 bridgehead atoms. The number of halogens is 2. The maximum atomic E-state index is 13.5. The van der Waals surface area contributed by atoms with Gasteiger partial charge in [-0.3, -0.25) is 0 Å². The van der Waals surface area contributed by atoms with Crippen molar-refractivity contribution in [2.45, 2.75) is 44.9 Å². The molecular weight excluding hydrogens is 295 g/mol. The van der Waals surface area contributed by atoms with E-state index >= 15 is 0 Å². The van der Waals surface area contributed by atoms with Crippen LogP contribution in [0.4, 0.5) is 4.39 Å². The second-order valence-corrected chi connectivity index (χ2v) is 6.80. The molecule has 0 radical (unpaired) electrons. The summed E-state index contributed by atoms with van der Waals surface area (Å²) >= 11 is 3.72. The highest BCUT2D eigenvalue weighted by Crippen LogP contribution is 2.30. The fourth-order valence-corrected chi connectivity index (χ4v) is 2.11. The van der Waals surface area contributed by atoms with Gasteiger partial charge in [0.15, 0.2) is 11.6 Å². The van der Waals surface area contributed by atoms with Crippen LogP contribution >= 0.6 is 15.9 Å². The van der Waals surface area contributed by atoms with Crippen LogP contribution in [0, 0.1) is 11.2 Å². The second-order valence-electron chi connectivity index (χ2n) is 5.69. The zero-order valence-corrected chi connectivity index (χ0v) is 13.2. The summed E-state index contributed by atoms with van der Waals surface area (Å²) in [6.07, 6.45) is 3.05. The van der Waals surface area contributed by atoms with Crippen molar-refractivity contribution in [1.29, 1.82) is 0 Å². The van der Waals surface area contributed by atoms with E-state index in [0.29, 0.717) is 10.6 Å². The molecule has 0 aliphatic rings. The fraction of sp³-hybridized carbons (Fsp3) is 0.600. The lowest BCUT2D eigenvalue weighted by Crippen LogP contribution is -2.20. The summed E-state index contributed by atoms with van der Waals surface area (Å²) < 4.78 is 18.4. The van der Waals surface area contributed by atoms with E-state index < -0.39 is 0 Å². The van der Waals surface area contributed by atoms with Gasteiger partial charge in [-0.05, 0) is 42.4 Å². The highest BCUT2D eigenvalue weighted by Gasteiger charge is 2.20. The number of hydrogen-bond donors (Lipinski definition) is 0. The number of ether oxygens (including phenoxy) is 1. The molecule has 1 unspecified atom stereocenters. The van der Waals surface area contributed by atoms with Gasteiger partial charge in [0, 0.05) is 4.83 Å². The zero-order chi connectivity index (χ0) is 13.8. The molecule has 0 spiro atoms. The molecule has 0 aliphatic heterocycles. The van der Waals surface area contributed by atoms with Crippen LogP contribution < -0.4 is 4.74 Å². The first-order valence-corrected chi connectivity index (χ1v) is 7.22. The lowest BCUT2D eigenvalue weighted by atomic mass is 9.89. The van der Waals surface area contributed by atoms with E-state index in [4.69, 9.17) is 4.74 Å². The van der Waals surface area contributed by atoms with Crippen LogP contribution in [-0.2, 0) is 6.42 Å². The average molecular weight is 317 g/mol. The molecule has 0 saturated carbocycles. The molecule has 0 amide bonds. The third kappa shape index (κ3) is 4.60. The quantitative estimate of drug-likeness (QED) is 0.697. The molecule has 0 saturated heterocycles. The van der Waals surface area contributed by atoms with Gasteiger partial charge in [0.2, 0.25) is 0 Å². The summed E-state index contributed by atoms with van der Waals surface area (Å²) in [5, 5.41) is 0. The predicted molar refractivity (Wildman–Crippen MR) is 78.1 cm³/mol. The molecule has 1 atom stereocenters. The highest BCUT2D eigenvalue weighted by molar-refractivity contribution is 9.09. The van der Waals surface area contributed by atoms with Gasteiger partial charge in [0.1, 0.15) is 0 Å². The van der Waals surface area contributed by atoms with E-state index in [2.05, 4.69) is 36.7 Å². The van der Waals surface area contributed by atoms with E-state index in [9.17, 15) is 4.39 Å². The van der Waals surface area contributed by atoms with E-state index in [1.54, 1.807) is 12.1 Å². The molecule has 0 fully saturated rings. The monoisotopic (exact) mass is 316 g/mol. The number of alkyl halides is 1. The summed E-state index contributed by atoms with van der Waals surface area (Å²) in [6.45, 7) is 6.67. The van der Waals surface area contributed by atoms with Crippen molar-refractivity contribution in [2.75, 3.05) is 7.11 Å². The lowest BCUT2D eigenvalue weighted by molar-refractivity contribution is 0.379. The number of rotatable bonds is 5. The predicted octanol–water partition coefficient (Wildman–Crippen LogP) is 4.97. The molecule has 102 valence electrons. The van der Waals surface area contributed by atoms with Gasteiger partial charge in [0.25, 0.3) is 0 Å². The first kappa shape index (κ1) is 15.5. The third-order valence-corrected chi connectivity index (χ3v) is 4.91. The van der Waals surface area contributed by atoms with Gasteiger partial charge in [-0.1, -0.05) is 42.8 Å². The topological polar surface area (TPSA) is 9.23 Å². The third-order valence-electron chi connectivity index (χ3n) is 3.08. The van der Waals surface area contributed by atoms with Crippen LogP contribution in [0.5, 0.6) is 5.75 Å². The standard InChI is InChI=1S/C15H22BrFO/c1-15(2,3)14(16)7-5-6-11-8-9-13(18-4)12(17)10-11/h8-10,14H,5-7H2,1-4H3. The Bertz CT molecular complexity index is 385. The van der Waals surface area contributed by atoms with Crippen LogP contribution in [-0.4, -0.2) is 11.9 Å². The largest absolute Gasteiger partial charge is 0.494 e. The van der Waals surface area contributed by atoms with Crippen molar-refractivity contribution in [3.8, 4) is 5.75 Å². The molecule has 0 heterocycles. The molecule has 0 N–H and O–H groups in total. The number of methoxy groups -OCH3 is 1. The number of hydrogen-bond acceptors (Lipinski definition) is 1. The summed E-state index contributed by atoms with van der Waals surface area (Å²) in [4.78, 5) is 0.494. The fourth-order valence-electron chi connectivity index (χ4n) is 1.78. The lowest BCUT2D eigenvalue weighted by Gasteiger charge is -2.25. The summed E-state index contributed by atoms with van der Waals surface area (Å²) in [6, 6.07) is 5.20. The van der Waals surface area contributed by atoms with Gasteiger partial charge in [-0.25, -0.2) is 4.39 Å². The Balaban J connectivity index is 2.47. The second kappa shape index (κ2) is 6.55. The Labute approximate surface area is 118 Å². The smallest absolute Gasteiger partial charge is 0.165 e. The van der Waals surface area contributed by atoms with Crippen LogP contribution in [0.2, 0.25) is 0 Å². The van der Waals surface area contributed by atoms with E-state index in [1.807, 2.05) is 6.07 Å². The van der Waals surface area contributed by atoms with Crippen LogP contribution in [0.3, 0.4) is 0 Å². The molecule has 1 rings (SSSR count). The van der Waals surface area contributed by atoms with Gasteiger partial charge < -0.3 is 4.74 Å². The van der Waals surface area contributed by atoms with Crippen molar-refractivity contribution >= 4 is 15.9 Å². The average Bonchev–Trinajstić information content (AvgIpc) is 2.28. The van der Waals surface area contributed by atoms with Crippen LogP contribution in [0.25, 0.3) is 0 Å². The Hall–Kier alpha value is -0.570. The van der Waals surface area contributed by atoms with E-state index in [-0.39, 0.29) is 11.2 Å². The maximum absolute atomic E-state index is 13.5. The van der Waals surface area contributed by atoms with Crippen LogP contribution in [0.15, 0.2) is 18.2 Å². The number of aryl methyl sites for hydroxylation is 1. The Morgan fingerprint density at radius 2 is 2.00 bits per heavy atom. The van der Waals surface area contributed by atoms with E-state index in [1.165, 1.54) is 7.11 Å². The van der Waals surface area contributed by atoms with Crippen molar-refractivity contribution in [1.82, 2.24) is 0 Å². The number of benzene rings is 1. The molecule has 0 aliphatic carbocycles. The van der Waals surface area contributed by atoms with Crippen LogP contribution in [0.1, 0.15) is 39.2 Å². The molecule has 3 heteroatoms. The molecule has 1 aromatic rings. The normalized spacial score (nSPS) is 13.4. The van der Waals surface area contributed by atoms with E-state index in [0.717, 1.165) is 24.8 Å². The highest BCUT2D eigenvalue weighted by atomic mass is 79.9. The minimum Gasteiger partial charge on any atom is -0.494 e.